The minimum atomic E-state index is -0.571. The molecule has 1 atom stereocenters. The van der Waals surface area contributed by atoms with Crippen LogP contribution in [0.1, 0.15) is 31.2 Å². The molecule has 0 amide bonds. The van der Waals surface area contributed by atoms with Crippen molar-refractivity contribution in [3.8, 4) is 11.5 Å². The number of carbonyl (C=O) groups is 3. The van der Waals surface area contributed by atoms with E-state index in [4.69, 9.17) is 14.2 Å². The summed E-state index contributed by atoms with van der Waals surface area (Å²) in [5.41, 5.74) is 1.65. The van der Waals surface area contributed by atoms with Crippen LogP contribution >= 0.6 is 0 Å². The molecule has 0 radical (unpaired) electrons. The second-order valence-corrected chi connectivity index (χ2v) is 5.79. The maximum Gasteiger partial charge on any atom is 0.356 e. The Morgan fingerprint density at radius 3 is 2.33 bits per heavy atom. The summed E-state index contributed by atoms with van der Waals surface area (Å²) in [5.74, 6) is -1.40. The predicted molar refractivity (Wildman–Crippen MR) is 95.4 cm³/mol. The lowest BCUT2D eigenvalue weighted by molar-refractivity contribution is -0.139. The zero-order chi connectivity index (χ0) is 19.4. The molecule has 1 heterocycles. The Morgan fingerprint density at radius 1 is 1.00 bits per heavy atom. The summed E-state index contributed by atoms with van der Waals surface area (Å²) in [5, 5.41) is 3.01. The average Bonchev–Trinajstić information content (AvgIpc) is 2.98. The van der Waals surface area contributed by atoms with Gasteiger partial charge in [0.05, 0.1) is 0 Å². The van der Waals surface area contributed by atoms with Crippen LogP contribution in [-0.2, 0) is 19.1 Å². The SMILES string of the molecule is CC(=O)Oc1ccc(/C=C2\NC(c3ccccc3)OC2=O)cc1OC(C)=O. The van der Waals surface area contributed by atoms with Gasteiger partial charge in [-0.2, -0.15) is 0 Å². The van der Waals surface area contributed by atoms with Gasteiger partial charge in [-0.3, -0.25) is 9.59 Å². The number of rotatable bonds is 4. The first-order valence-corrected chi connectivity index (χ1v) is 8.17. The third-order valence-corrected chi connectivity index (χ3v) is 3.62. The fraction of sp³-hybridized carbons (Fsp3) is 0.150. The maximum absolute atomic E-state index is 12.1. The first-order valence-electron chi connectivity index (χ1n) is 8.17. The molecule has 138 valence electrons. The Labute approximate surface area is 155 Å². The number of ether oxygens (including phenoxy) is 3. The highest BCUT2D eigenvalue weighted by molar-refractivity contribution is 5.95. The molecule has 7 nitrogen and oxygen atoms in total. The number of esters is 3. The van der Waals surface area contributed by atoms with Crippen molar-refractivity contribution in [3.63, 3.8) is 0 Å². The maximum atomic E-state index is 12.1. The molecule has 0 bridgehead atoms. The van der Waals surface area contributed by atoms with Crippen molar-refractivity contribution < 1.29 is 28.6 Å². The van der Waals surface area contributed by atoms with Crippen molar-refractivity contribution in [2.45, 2.75) is 20.1 Å². The molecule has 1 saturated heterocycles. The molecule has 0 aliphatic carbocycles. The van der Waals surface area contributed by atoms with E-state index in [9.17, 15) is 14.4 Å². The molecule has 1 aliphatic heterocycles. The van der Waals surface area contributed by atoms with Gasteiger partial charge in [-0.15, -0.1) is 0 Å². The molecule has 2 aromatic carbocycles. The smallest absolute Gasteiger partial charge is 0.356 e. The average molecular weight is 367 g/mol. The van der Waals surface area contributed by atoms with Crippen LogP contribution in [0, 0.1) is 0 Å². The molecule has 2 aromatic rings. The molecular weight excluding hydrogens is 350 g/mol. The molecular formula is C20H17NO6. The number of hydrogen-bond acceptors (Lipinski definition) is 7. The van der Waals surface area contributed by atoms with Gasteiger partial charge < -0.3 is 19.5 Å². The van der Waals surface area contributed by atoms with Crippen LogP contribution in [0.2, 0.25) is 0 Å². The van der Waals surface area contributed by atoms with Crippen LogP contribution < -0.4 is 14.8 Å². The molecule has 0 saturated carbocycles. The van der Waals surface area contributed by atoms with Gasteiger partial charge in [0.25, 0.3) is 0 Å². The molecule has 3 rings (SSSR count). The standard InChI is InChI=1S/C20H17NO6/c1-12(22)25-17-9-8-14(11-18(17)26-13(2)23)10-16-20(24)27-19(21-16)15-6-4-3-5-7-15/h3-11,19,21H,1-2H3/b16-10-. The Bertz CT molecular complexity index is 919. The van der Waals surface area contributed by atoms with Crippen LogP contribution in [0.4, 0.5) is 0 Å². The van der Waals surface area contributed by atoms with E-state index in [1.165, 1.54) is 26.0 Å². The minimum Gasteiger partial charge on any atom is -0.433 e. The lowest BCUT2D eigenvalue weighted by atomic mass is 10.1. The first-order chi connectivity index (χ1) is 12.9. The van der Waals surface area contributed by atoms with E-state index in [1.54, 1.807) is 12.1 Å². The van der Waals surface area contributed by atoms with E-state index in [1.807, 2.05) is 30.3 Å². The molecule has 1 fully saturated rings. The molecule has 1 aliphatic rings. The number of nitrogens with one attached hydrogen (secondary N) is 1. The summed E-state index contributed by atoms with van der Waals surface area (Å²) in [7, 11) is 0. The van der Waals surface area contributed by atoms with Crippen LogP contribution in [-0.4, -0.2) is 17.9 Å². The van der Waals surface area contributed by atoms with Gasteiger partial charge in [0, 0.05) is 19.4 Å². The quantitative estimate of drug-likeness (QED) is 0.505. The van der Waals surface area contributed by atoms with Gasteiger partial charge in [0.15, 0.2) is 17.7 Å². The fourth-order valence-electron chi connectivity index (χ4n) is 2.53. The van der Waals surface area contributed by atoms with E-state index >= 15 is 0 Å². The lowest BCUT2D eigenvalue weighted by Gasteiger charge is -2.10. The molecule has 1 unspecified atom stereocenters. The van der Waals surface area contributed by atoms with Crippen LogP contribution in [0.5, 0.6) is 11.5 Å². The summed E-state index contributed by atoms with van der Waals surface area (Å²) >= 11 is 0. The highest BCUT2D eigenvalue weighted by atomic mass is 16.6. The zero-order valence-corrected chi connectivity index (χ0v) is 14.7. The monoisotopic (exact) mass is 367 g/mol. The Balaban J connectivity index is 1.86. The minimum absolute atomic E-state index is 0.0815. The predicted octanol–water partition coefficient (Wildman–Crippen LogP) is 2.72. The van der Waals surface area contributed by atoms with Crippen molar-refractivity contribution in [2.24, 2.45) is 0 Å². The van der Waals surface area contributed by atoms with E-state index in [0.717, 1.165) is 5.56 Å². The highest BCUT2D eigenvalue weighted by Crippen LogP contribution is 2.31. The number of cyclic esters (lactones) is 1. The third kappa shape index (κ3) is 4.52. The largest absolute Gasteiger partial charge is 0.433 e. The second kappa shape index (κ2) is 7.74. The first kappa shape index (κ1) is 18.2. The van der Waals surface area contributed by atoms with E-state index < -0.39 is 24.1 Å². The second-order valence-electron chi connectivity index (χ2n) is 5.79. The van der Waals surface area contributed by atoms with E-state index in [0.29, 0.717) is 5.56 Å². The van der Waals surface area contributed by atoms with Crippen molar-refractivity contribution >= 4 is 24.0 Å². The van der Waals surface area contributed by atoms with Gasteiger partial charge in [-0.05, 0) is 23.8 Å². The van der Waals surface area contributed by atoms with Crippen LogP contribution in [0.25, 0.3) is 6.08 Å². The van der Waals surface area contributed by atoms with Crippen molar-refractivity contribution in [2.75, 3.05) is 0 Å². The number of hydrogen-bond donors (Lipinski definition) is 1. The van der Waals surface area contributed by atoms with Crippen molar-refractivity contribution in [3.05, 3.63) is 65.4 Å². The van der Waals surface area contributed by atoms with Crippen LogP contribution in [0.3, 0.4) is 0 Å². The van der Waals surface area contributed by atoms with Gasteiger partial charge in [0.2, 0.25) is 0 Å². The normalized spacial score (nSPS) is 17.2. The summed E-state index contributed by atoms with van der Waals surface area (Å²) in [4.78, 5) is 34.6. The van der Waals surface area contributed by atoms with Crippen molar-refractivity contribution in [1.82, 2.24) is 5.32 Å². The summed E-state index contributed by atoms with van der Waals surface area (Å²) in [6.07, 6.45) is 0.994. The number of benzene rings is 2. The van der Waals surface area contributed by atoms with Crippen molar-refractivity contribution in [1.29, 1.82) is 0 Å². The summed E-state index contributed by atoms with van der Waals surface area (Å²) in [6.45, 7) is 2.48. The van der Waals surface area contributed by atoms with Gasteiger partial charge in [0.1, 0.15) is 5.70 Å². The van der Waals surface area contributed by atoms with Gasteiger partial charge in [-0.1, -0.05) is 36.4 Å². The molecule has 7 heteroatoms. The van der Waals surface area contributed by atoms with Gasteiger partial charge >= 0.3 is 17.9 Å². The highest BCUT2D eigenvalue weighted by Gasteiger charge is 2.29. The summed E-state index contributed by atoms with van der Waals surface area (Å²) < 4.78 is 15.4. The topological polar surface area (TPSA) is 90.9 Å². The molecule has 0 spiro atoms. The number of carbonyl (C=O) groups excluding carboxylic acids is 3. The zero-order valence-electron chi connectivity index (χ0n) is 14.7. The van der Waals surface area contributed by atoms with E-state index in [-0.39, 0.29) is 17.2 Å². The fourth-order valence-corrected chi connectivity index (χ4v) is 2.53. The summed E-state index contributed by atoms with van der Waals surface area (Å²) in [6, 6.07) is 13.9. The Morgan fingerprint density at radius 2 is 1.67 bits per heavy atom. The molecule has 1 N–H and O–H groups in total. The van der Waals surface area contributed by atoms with Gasteiger partial charge in [-0.25, -0.2) is 4.79 Å². The Kier molecular flexibility index (Phi) is 5.21. The third-order valence-electron chi connectivity index (χ3n) is 3.62. The van der Waals surface area contributed by atoms with Crippen LogP contribution in [0.15, 0.2) is 54.2 Å². The van der Waals surface area contributed by atoms with E-state index in [2.05, 4.69) is 5.32 Å². The molecule has 0 aromatic heterocycles. The lowest BCUT2D eigenvalue weighted by Crippen LogP contribution is -2.12. The Hall–Kier alpha value is -3.61. The molecule has 27 heavy (non-hydrogen) atoms.